The molecule has 3 N–H and O–H groups in total. The highest BCUT2D eigenvalue weighted by Gasteiger charge is 2.18. The van der Waals surface area contributed by atoms with Gasteiger partial charge in [-0.2, -0.15) is 0 Å². The number of halogens is 2. The standard InChI is InChI=1S/C13H16F2N2S/c14-10-5-9(13(16)17)6-11(15)12(10)18-7-8-3-1-2-4-8/h5-6,8H,1-4,7H2,(H3,16,17). The van der Waals surface area contributed by atoms with Crippen LogP contribution in [-0.2, 0) is 0 Å². The Labute approximate surface area is 109 Å². The topological polar surface area (TPSA) is 49.9 Å². The number of hydrogen-bond donors (Lipinski definition) is 2. The molecule has 1 fully saturated rings. The molecule has 0 amide bonds. The summed E-state index contributed by atoms with van der Waals surface area (Å²) in [4.78, 5) is 0.0481. The Morgan fingerprint density at radius 3 is 2.33 bits per heavy atom. The van der Waals surface area contributed by atoms with Crippen LogP contribution in [-0.4, -0.2) is 11.6 Å². The van der Waals surface area contributed by atoms with E-state index in [1.165, 1.54) is 24.6 Å². The fraction of sp³-hybridized carbons (Fsp3) is 0.462. The van der Waals surface area contributed by atoms with Gasteiger partial charge in [-0.25, -0.2) is 8.78 Å². The SMILES string of the molecule is N=C(N)c1cc(F)c(SCC2CCCC2)c(F)c1. The van der Waals surface area contributed by atoms with Crippen LogP contribution in [0.1, 0.15) is 31.2 Å². The Balaban J connectivity index is 2.10. The van der Waals surface area contributed by atoms with Crippen molar-refractivity contribution in [1.82, 2.24) is 0 Å². The van der Waals surface area contributed by atoms with E-state index in [2.05, 4.69) is 0 Å². The number of benzene rings is 1. The average Bonchev–Trinajstić information content (AvgIpc) is 2.80. The van der Waals surface area contributed by atoms with Crippen molar-refractivity contribution in [2.75, 3.05) is 5.75 Å². The third-order valence-corrected chi connectivity index (χ3v) is 4.56. The lowest BCUT2D eigenvalue weighted by atomic mass is 10.1. The summed E-state index contributed by atoms with van der Waals surface area (Å²) >= 11 is 1.23. The van der Waals surface area contributed by atoms with Gasteiger partial charge in [-0.3, -0.25) is 5.41 Å². The molecule has 0 aromatic heterocycles. The van der Waals surface area contributed by atoms with Crippen molar-refractivity contribution in [3.8, 4) is 0 Å². The summed E-state index contributed by atoms with van der Waals surface area (Å²) in [6.07, 6.45) is 4.75. The van der Waals surface area contributed by atoms with Gasteiger partial charge in [0.15, 0.2) is 0 Å². The number of amidine groups is 1. The summed E-state index contributed by atoms with van der Waals surface area (Å²) in [6, 6.07) is 2.25. The van der Waals surface area contributed by atoms with Gasteiger partial charge in [-0.15, -0.1) is 11.8 Å². The van der Waals surface area contributed by atoms with Crippen LogP contribution in [0.15, 0.2) is 17.0 Å². The molecule has 0 bridgehead atoms. The Hall–Kier alpha value is -1.10. The number of nitrogen functional groups attached to an aromatic ring is 1. The molecular formula is C13H16F2N2S. The van der Waals surface area contributed by atoms with Gasteiger partial charge in [0.25, 0.3) is 0 Å². The van der Waals surface area contributed by atoms with Gasteiger partial charge in [0.05, 0.1) is 4.90 Å². The zero-order valence-corrected chi connectivity index (χ0v) is 10.8. The molecule has 0 spiro atoms. The molecule has 1 saturated carbocycles. The normalized spacial score (nSPS) is 16.1. The van der Waals surface area contributed by atoms with Crippen molar-refractivity contribution in [2.24, 2.45) is 11.7 Å². The van der Waals surface area contributed by atoms with Crippen molar-refractivity contribution in [2.45, 2.75) is 30.6 Å². The highest BCUT2D eigenvalue weighted by molar-refractivity contribution is 7.99. The molecule has 0 aliphatic heterocycles. The molecule has 2 nitrogen and oxygen atoms in total. The van der Waals surface area contributed by atoms with Crippen molar-refractivity contribution in [1.29, 1.82) is 5.41 Å². The highest BCUT2D eigenvalue weighted by atomic mass is 32.2. The van der Waals surface area contributed by atoms with E-state index < -0.39 is 11.6 Å². The first-order valence-electron chi connectivity index (χ1n) is 6.04. The van der Waals surface area contributed by atoms with E-state index in [9.17, 15) is 8.78 Å². The van der Waals surface area contributed by atoms with Crippen LogP contribution in [0.4, 0.5) is 8.78 Å². The summed E-state index contributed by atoms with van der Waals surface area (Å²) in [7, 11) is 0. The fourth-order valence-electron chi connectivity index (χ4n) is 2.23. The summed E-state index contributed by atoms with van der Waals surface area (Å²) in [6.45, 7) is 0. The van der Waals surface area contributed by atoms with Crippen molar-refractivity contribution in [3.63, 3.8) is 0 Å². The van der Waals surface area contributed by atoms with Gasteiger partial charge in [0.1, 0.15) is 17.5 Å². The minimum atomic E-state index is -0.622. The van der Waals surface area contributed by atoms with E-state index in [-0.39, 0.29) is 16.3 Å². The lowest BCUT2D eigenvalue weighted by molar-refractivity contribution is 0.538. The molecule has 5 heteroatoms. The third-order valence-electron chi connectivity index (χ3n) is 3.25. The fourth-order valence-corrected chi connectivity index (χ4v) is 3.36. The molecule has 0 atom stereocenters. The number of hydrogen-bond acceptors (Lipinski definition) is 2. The second kappa shape index (κ2) is 5.69. The van der Waals surface area contributed by atoms with Crippen molar-refractivity contribution >= 4 is 17.6 Å². The van der Waals surface area contributed by atoms with E-state index in [0.717, 1.165) is 30.7 Å². The van der Waals surface area contributed by atoms with E-state index >= 15 is 0 Å². The van der Waals surface area contributed by atoms with Crippen LogP contribution in [0.2, 0.25) is 0 Å². The minimum Gasteiger partial charge on any atom is -0.384 e. The van der Waals surface area contributed by atoms with Gasteiger partial charge in [0, 0.05) is 11.3 Å². The number of nitrogens with one attached hydrogen (secondary N) is 1. The largest absolute Gasteiger partial charge is 0.384 e. The molecular weight excluding hydrogens is 254 g/mol. The molecule has 0 saturated heterocycles. The third kappa shape index (κ3) is 3.02. The van der Waals surface area contributed by atoms with E-state index in [1.54, 1.807) is 0 Å². The summed E-state index contributed by atoms with van der Waals surface area (Å²) in [5.74, 6) is -0.236. The van der Waals surface area contributed by atoms with Gasteiger partial charge >= 0.3 is 0 Å². The van der Waals surface area contributed by atoms with Crippen LogP contribution in [0.25, 0.3) is 0 Å². The molecule has 0 radical (unpaired) electrons. The van der Waals surface area contributed by atoms with Gasteiger partial charge in [0.2, 0.25) is 0 Å². The maximum atomic E-state index is 13.7. The lowest BCUT2D eigenvalue weighted by Crippen LogP contribution is -2.12. The molecule has 1 aromatic carbocycles. The van der Waals surface area contributed by atoms with Crippen LogP contribution in [0.5, 0.6) is 0 Å². The Kier molecular flexibility index (Phi) is 4.22. The molecule has 0 unspecified atom stereocenters. The number of rotatable bonds is 4. The predicted octanol–water partition coefficient (Wildman–Crippen LogP) is 3.53. The Bertz CT molecular complexity index is 433. The maximum Gasteiger partial charge on any atom is 0.140 e. The van der Waals surface area contributed by atoms with Crippen LogP contribution < -0.4 is 5.73 Å². The van der Waals surface area contributed by atoms with E-state index in [0.29, 0.717) is 5.92 Å². The minimum absolute atomic E-state index is 0.0481. The van der Waals surface area contributed by atoms with Gasteiger partial charge < -0.3 is 5.73 Å². The monoisotopic (exact) mass is 270 g/mol. The van der Waals surface area contributed by atoms with Gasteiger partial charge in [-0.1, -0.05) is 12.8 Å². The first-order valence-corrected chi connectivity index (χ1v) is 7.02. The Morgan fingerprint density at radius 1 is 1.28 bits per heavy atom. The van der Waals surface area contributed by atoms with Gasteiger partial charge in [-0.05, 0) is 30.9 Å². The second-order valence-electron chi connectivity index (χ2n) is 4.64. The molecule has 2 rings (SSSR count). The van der Waals surface area contributed by atoms with E-state index in [4.69, 9.17) is 11.1 Å². The quantitative estimate of drug-likeness (QED) is 0.499. The number of nitrogens with two attached hydrogens (primary N) is 1. The predicted molar refractivity (Wildman–Crippen MR) is 70.1 cm³/mol. The molecule has 18 heavy (non-hydrogen) atoms. The first kappa shape index (κ1) is 13.3. The number of thioether (sulfide) groups is 1. The van der Waals surface area contributed by atoms with Crippen LogP contribution >= 0.6 is 11.8 Å². The molecule has 1 aromatic rings. The van der Waals surface area contributed by atoms with Crippen molar-refractivity contribution in [3.05, 3.63) is 29.3 Å². The average molecular weight is 270 g/mol. The van der Waals surface area contributed by atoms with Crippen LogP contribution in [0.3, 0.4) is 0 Å². The zero-order chi connectivity index (χ0) is 13.1. The smallest absolute Gasteiger partial charge is 0.140 e. The summed E-state index contributed by atoms with van der Waals surface area (Å²) in [5.41, 5.74) is 5.31. The zero-order valence-electron chi connectivity index (χ0n) is 10.0. The first-order chi connectivity index (χ1) is 8.58. The Morgan fingerprint density at radius 2 is 1.83 bits per heavy atom. The molecule has 0 heterocycles. The summed E-state index contributed by atoms with van der Waals surface area (Å²) in [5, 5.41) is 7.17. The molecule has 1 aliphatic carbocycles. The lowest BCUT2D eigenvalue weighted by Gasteiger charge is -2.10. The second-order valence-corrected chi connectivity index (χ2v) is 5.67. The van der Waals surface area contributed by atoms with Crippen LogP contribution in [0, 0.1) is 23.0 Å². The van der Waals surface area contributed by atoms with E-state index in [1.807, 2.05) is 0 Å². The highest BCUT2D eigenvalue weighted by Crippen LogP contribution is 2.33. The molecule has 98 valence electrons. The maximum absolute atomic E-state index is 13.7. The molecule has 1 aliphatic rings. The summed E-state index contributed by atoms with van der Waals surface area (Å²) < 4.78 is 27.5. The van der Waals surface area contributed by atoms with Crippen molar-refractivity contribution < 1.29 is 8.78 Å².